The maximum atomic E-state index is 12.9. The molecule has 1 aromatic carbocycles. The highest BCUT2D eigenvalue weighted by atomic mass is 35.5. The number of phenols is 1. The van der Waals surface area contributed by atoms with Crippen LogP contribution in [0, 0.1) is 11.8 Å². The van der Waals surface area contributed by atoms with Gasteiger partial charge in [0.15, 0.2) is 0 Å². The first-order valence-electron chi connectivity index (χ1n) is 10.6. The summed E-state index contributed by atoms with van der Waals surface area (Å²) in [7, 11) is 0. The molecule has 178 valence electrons. The minimum Gasteiger partial charge on any atom is -0.598 e. The van der Waals surface area contributed by atoms with Crippen molar-refractivity contribution in [1.82, 2.24) is 20.3 Å². The van der Waals surface area contributed by atoms with E-state index in [1.807, 2.05) is 25.7 Å². The molecule has 0 spiro atoms. The Balaban J connectivity index is 1.74. The smallest absolute Gasteiger partial charge is 0.314 e. The van der Waals surface area contributed by atoms with E-state index < -0.39 is 22.2 Å². The van der Waals surface area contributed by atoms with Crippen LogP contribution in [-0.4, -0.2) is 57.4 Å². The van der Waals surface area contributed by atoms with Crippen LogP contribution in [0.2, 0.25) is 10.0 Å². The lowest BCUT2D eigenvalue weighted by Gasteiger charge is -2.39. The highest BCUT2D eigenvalue weighted by Gasteiger charge is 2.38. The van der Waals surface area contributed by atoms with Crippen LogP contribution in [0.15, 0.2) is 12.1 Å². The summed E-state index contributed by atoms with van der Waals surface area (Å²) in [4.78, 5) is 25.9. The Kier molecular flexibility index (Phi) is 8.09. The SMILES string of the molecule is CC(C)(C)[S@+]([O-])NC(c1cc(Cl)c(Cl)cc1O)C1CCN(C(=O)C2CNC(=O)NC2)CC1. The Morgan fingerprint density at radius 2 is 1.78 bits per heavy atom. The zero-order chi connectivity index (χ0) is 23.6. The second-order valence-electron chi connectivity index (χ2n) is 9.25. The van der Waals surface area contributed by atoms with Crippen LogP contribution in [0.4, 0.5) is 4.79 Å². The van der Waals surface area contributed by atoms with Crippen molar-refractivity contribution in [2.24, 2.45) is 11.8 Å². The summed E-state index contributed by atoms with van der Waals surface area (Å²) in [6.45, 7) is 7.36. The monoisotopic (exact) mass is 504 g/mol. The predicted molar refractivity (Wildman–Crippen MR) is 126 cm³/mol. The average molecular weight is 505 g/mol. The van der Waals surface area contributed by atoms with E-state index >= 15 is 0 Å². The third kappa shape index (κ3) is 5.94. The zero-order valence-corrected chi connectivity index (χ0v) is 20.7. The lowest BCUT2D eigenvalue weighted by molar-refractivity contribution is -0.136. The van der Waals surface area contributed by atoms with Crippen molar-refractivity contribution in [3.05, 3.63) is 27.7 Å². The molecule has 3 rings (SSSR count). The number of nitrogens with zero attached hydrogens (tertiary/aromatic N) is 1. The van der Waals surface area contributed by atoms with Crippen molar-refractivity contribution in [2.75, 3.05) is 26.2 Å². The van der Waals surface area contributed by atoms with Crippen molar-refractivity contribution in [1.29, 1.82) is 0 Å². The number of piperidine rings is 1. The van der Waals surface area contributed by atoms with Gasteiger partial charge in [-0.1, -0.05) is 23.2 Å². The van der Waals surface area contributed by atoms with Crippen LogP contribution in [0.3, 0.4) is 0 Å². The highest BCUT2D eigenvalue weighted by molar-refractivity contribution is 7.90. The summed E-state index contributed by atoms with van der Waals surface area (Å²) >= 11 is 10.9. The van der Waals surface area contributed by atoms with Gasteiger partial charge in [0, 0.05) is 49.2 Å². The Morgan fingerprint density at radius 1 is 1.22 bits per heavy atom. The van der Waals surface area contributed by atoms with Gasteiger partial charge in [-0.15, -0.1) is 4.72 Å². The second-order valence-corrected chi connectivity index (χ2v) is 12.1. The molecule has 32 heavy (non-hydrogen) atoms. The summed E-state index contributed by atoms with van der Waals surface area (Å²) in [5, 5.41) is 16.5. The summed E-state index contributed by atoms with van der Waals surface area (Å²) < 4.78 is 15.6. The van der Waals surface area contributed by atoms with Crippen molar-refractivity contribution in [2.45, 2.75) is 44.4 Å². The molecule has 2 aliphatic rings. The molecule has 0 saturated carbocycles. The van der Waals surface area contributed by atoms with Crippen molar-refractivity contribution < 1.29 is 19.2 Å². The number of carbonyl (C=O) groups excluding carboxylic acids is 2. The van der Waals surface area contributed by atoms with Crippen LogP contribution < -0.4 is 15.4 Å². The van der Waals surface area contributed by atoms with E-state index in [0.29, 0.717) is 49.6 Å². The molecule has 0 bridgehead atoms. The quantitative estimate of drug-likeness (QED) is 0.459. The fraction of sp³-hybridized carbons (Fsp3) is 0.619. The summed E-state index contributed by atoms with van der Waals surface area (Å²) in [6, 6.07) is 2.34. The first-order valence-corrected chi connectivity index (χ1v) is 12.5. The first-order chi connectivity index (χ1) is 15.0. The van der Waals surface area contributed by atoms with E-state index in [9.17, 15) is 19.2 Å². The number of amides is 3. The Hall–Kier alpha value is -1.39. The number of halogens is 2. The number of benzene rings is 1. The fourth-order valence-electron chi connectivity index (χ4n) is 3.96. The molecule has 1 aromatic rings. The molecule has 2 heterocycles. The van der Waals surface area contributed by atoms with Crippen molar-refractivity contribution >= 4 is 46.5 Å². The van der Waals surface area contributed by atoms with Gasteiger partial charge in [-0.2, -0.15) is 0 Å². The Labute approximate surface area is 201 Å². The Morgan fingerprint density at radius 3 is 2.34 bits per heavy atom. The molecule has 0 aliphatic carbocycles. The van der Waals surface area contributed by atoms with Gasteiger partial charge in [0.05, 0.1) is 22.0 Å². The van der Waals surface area contributed by atoms with Gasteiger partial charge < -0.3 is 25.2 Å². The number of rotatable bonds is 5. The van der Waals surface area contributed by atoms with Crippen LogP contribution >= 0.6 is 23.2 Å². The maximum Gasteiger partial charge on any atom is 0.314 e. The predicted octanol–water partition coefficient (Wildman–Crippen LogP) is 2.96. The fourth-order valence-corrected chi connectivity index (χ4v) is 5.19. The average Bonchev–Trinajstić information content (AvgIpc) is 2.74. The van der Waals surface area contributed by atoms with Gasteiger partial charge >= 0.3 is 6.03 Å². The lowest BCUT2D eigenvalue weighted by Crippen LogP contribution is -2.55. The summed E-state index contributed by atoms with van der Waals surface area (Å²) in [5.74, 6) is -0.259. The number of carbonyl (C=O) groups is 2. The first kappa shape index (κ1) is 25.2. The second kappa shape index (κ2) is 10.3. The molecule has 2 saturated heterocycles. The molecule has 2 aliphatic heterocycles. The normalized spacial score (nSPS) is 20.4. The Bertz CT molecular complexity index is 849. The topological polar surface area (TPSA) is 117 Å². The van der Waals surface area contributed by atoms with Crippen LogP contribution in [0.1, 0.15) is 45.2 Å². The molecule has 2 fully saturated rings. The van der Waals surface area contributed by atoms with Gasteiger partial charge in [0.1, 0.15) is 10.5 Å². The van der Waals surface area contributed by atoms with Gasteiger partial charge in [0.25, 0.3) is 0 Å². The third-order valence-electron chi connectivity index (χ3n) is 5.88. The minimum absolute atomic E-state index is 0.00895. The zero-order valence-electron chi connectivity index (χ0n) is 18.4. The molecule has 2 atom stereocenters. The van der Waals surface area contributed by atoms with E-state index in [-0.39, 0.29) is 34.5 Å². The molecule has 3 amide bonds. The molecule has 0 radical (unpaired) electrons. The number of nitrogens with one attached hydrogen (secondary N) is 3. The van der Waals surface area contributed by atoms with E-state index in [2.05, 4.69) is 15.4 Å². The highest BCUT2D eigenvalue weighted by Crippen LogP contribution is 2.40. The molecule has 4 N–H and O–H groups in total. The van der Waals surface area contributed by atoms with E-state index in [0.717, 1.165) is 0 Å². The largest absolute Gasteiger partial charge is 0.598 e. The van der Waals surface area contributed by atoms with Crippen molar-refractivity contribution in [3.63, 3.8) is 0 Å². The number of hydrogen-bond acceptors (Lipinski definition) is 5. The van der Waals surface area contributed by atoms with E-state index in [1.54, 1.807) is 6.07 Å². The molecule has 8 nitrogen and oxygen atoms in total. The van der Waals surface area contributed by atoms with E-state index in [1.165, 1.54) is 6.07 Å². The lowest BCUT2D eigenvalue weighted by atomic mass is 9.85. The number of phenolic OH excluding ortho intramolecular Hbond substituents is 1. The minimum atomic E-state index is -1.38. The molecule has 11 heteroatoms. The number of hydrogen-bond donors (Lipinski definition) is 4. The third-order valence-corrected chi connectivity index (χ3v) is 8.19. The molecular formula is C21H30Cl2N4O4S. The van der Waals surface area contributed by atoms with Gasteiger partial charge in [-0.05, 0) is 45.6 Å². The molecule has 0 aromatic heterocycles. The molecular weight excluding hydrogens is 475 g/mol. The van der Waals surface area contributed by atoms with Gasteiger partial charge in [-0.3, -0.25) is 4.79 Å². The maximum absolute atomic E-state index is 12.9. The van der Waals surface area contributed by atoms with Gasteiger partial charge in [0.2, 0.25) is 5.91 Å². The number of likely N-dealkylation sites (tertiary alicyclic amines) is 1. The number of urea groups is 1. The van der Waals surface area contributed by atoms with Gasteiger partial charge in [-0.25, -0.2) is 4.79 Å². The van der Waals surface area contributed by atoms with Crippen molar-refractivity contribution in [3.8, 4) is 5.75 Å². The van der Waals surface area contributed by atoms with Crippen LogP contribution in [0.5, 0.6) is 5.75 Å². The van der Waals surface area contributed by atoms with E-state index in [4.69, 9.17) is 23.2 Å². The molecule has 1 unspecified atom stereocenters. The standard InChI is InChI=1S/C21H30Cl2N4O4S/c1-21(2,3)32(31)26-18(14-8-15(22)16(23)9-17(14)28)12-4-6-27(7-5-12)19(29)13-10-24-20(30)25-11-13/h8-9,12-13,18,26,28H,4-7,10-11H2,1-3H3,(H2,24,25,30)/t18?,32-/m0/s1. The summed E-state index contributed by atoms with van der Waals surface area (Å²) in [6.07, 6.45) is 1.33. The van der Waals surface area contributed by atoms with Crippen LogP contribution in [-0.2, 0) is 16.2 Å². The van der Waals surface area contributed by atoms with Crippen LogP contribution in [0.25, 0.3) is 0 Å². The summed E-state index contributed by atoms with van der Waals surface area (Å²) in [5.41, 5.74) is 0.543. The number of aromatic hydroxyl groups is 1.